The smallest absolute Gasteiger partial charge is 0.235 e. The summed E-state index contributed by atoms with van der Waals surface area (Å²) in [5.41, 5.74) is 0.451. The summed E-state index contributed by atoms with van der Waals surface area (Å²) >= 11 is 0. The molecule has 1 aliphatic heterocycles. The summed E-state index contributed by atoms with van der Waals surface area (Å²) in [5, 5.41) is 19.0. The molecule has 0 radical (unpaired) electrons. The van der Waals surface area contributed by atoms with Crippen LogP contribution in [0.5, 0.6) is 0 Å². The molecule has 0 bridgehead atoms. The van der Waals surface area contributed by atoms with Gasteiger partial charge >= 0.3 is 0 Å². The Hall–Kier alpha value is -1.87. The summed E-state index contributed by atoms with van der Waals surface area (Å²) in [7, 11) is 0. The molecule has 0 aliphatic carbocycles. The van der Waals surface area contributed by atoms with Crippen LogP contribution < -0.4 is 5.32 Å². The Bertz CT molecular complexity index is 525. The zero-order chi connectivity index (χ0) is 16.2. The number of carbonyl (C=O) groups excluding carboxylic acids is 1. The predicted molar refractivity (Wildman–Crippen MR) is 84.0 cm³/mol. The lowest BCUT2D eigenvalue weighted by molar-refractivity contribution is -0.124. The molecule has 0 unspecified atom stereocenters. The van der Waals surface area contributed by atoms with E-state index in [4.69, 9.17) is 0 Å². The number of carbonyl (C=O) groups is 1. The van der Waals surface area contributed by atoms with E-state index in [1.165, 1.54) is 5.56 Å². The number of piperidine rings is 1. The highest BCUT2D eigenvalue weighted by molar-refractivity contribution is 5.79. The van der Waals surface area contributed by atoms with E-state index >= 15 is 0 Å². The Morgan fingerprint density at radius 1 is 1.59 bits per heavy atom. The molecule has 0 aromatic carbocycles. The highest BCUT2D eigenvalue weighted by Crippen LogP contribution is 2.26. The number of nitrogens with one attached hydrogen (secondary N) is 2. The Morgan fingerprint density at radius 3 is 2.77 bits per heavy atom. The number of likely N-dealkylation sites (tertiary alicyclic amines) is 1. The second kappa shape index (κ2) is 6.93. The lowest BCUT2D eigenvalue weighted by atomic mass is 9.90. The van der Waals surface area contributed by atoms with E-state index in [1.54, 1.807) is 6.92 Å². The minimum Gasteiger partial charge on any atom is -0.337 e. The van der Waals surface area contributed by atoms with Crippen LogP contribution >= 0.6 is 0 Å². The number of aromatic amines is 1. The first-order chi connectivity index (χ1) is 10.4. The monoisotopic (exact) mass is 303 g/mol. The predicted octanol–water partition coefficient (Wildman–Crippen LogP) is 1.64. The molecule has 1 aliphatic rings. The van der Waals surface area contributed by atoms with Crippen LogP contribution in [0.2, 0.25) is 0 Å². The van der Waals surface area contributed by atoms with Crippen molar-refractivity contribution in [3.8, 4) is 6.07 Å². The Morgan fingerprint density at radius 2 is 2.27 bits per heavy atom. The van der Waals surface area contributed by atoms with Gasteiger partial charge in [0.2, 0.25) is 5.91 Å². The standard InChI is InChI=1S/C16H25N5O/c1-12(2)16(3,11-17)20-15(22)10-21-6-4-13(5-7-21)14-8-18-19-9-14/h8-9,12-13H,4-7,10H2,1-3H3,(H,18,19)(H,20,22)/t16-/m0/s1. The third-order valence-electron chi connectivity index (χ3n) is 4.73. The number of hydrogen-bond acceptors (Lipinski definition) is 4. The fraction of sp³-hybridized carbons (Fsp3) is 0.688. The highest BCUT2D eigenvalue weighted by atomic mass is 16.2. The molecule has 0 saturated carbocycles. The summed E-state index contributed by atoms with van der Waals surface area (Å²) in [6.45, 7) is 7.82. The third-order valence-corrected chi connectivity index (χ3v) is 4.73. The normalized spacial score (nSPS) is 19.6. The van der Waals surface area contributed by atoms with Crippen molar-refractivity contribution in [3.05, 3.63) is 18.0 Å². The molecule has 1 aromatic rings. The Balaban J connectivity index is 1.81. The van der Waals surface area contributed by atoms with E-state index in [9.17, 15) is 10.1 Å². The minimum atomic E-state index is -0.799. The van der Waals surface area contributed by atoms with Gasteiger partial charge in [-0.2, -0.15) is 10.4 Å². The van der Waals surface area contributed by atoms with Gasteiger partial charge in [0.05, 0.1) is 18.8 Å². The van der Waals surface area contributed by atoms with E-state index < -0.39 is 5.54 Å². The van der Waals surface area contributed by atoms with Gasteiger partial charge in [-0.25, -0.2) is 0 Å². The van der Waals surface area contributed by atoms with Crippen LogP contribution in [0.1, 0.15) is 45.1 Å². The molecule has 6 nitrogen and oxygen atoms in total. The summed E-state index contributed by atoms with van der Waals surface area (Å²) in [4.78, 5) is 14.3. The second-order valence-electron chi connectivity index (χ2n) is 6.60. The third kappa shape index (κ3) is 3.86. The lowest BCUT2D eigenvalue weighted by Gasteiger charge is -2.33. The molecule has 1 fully saturated rings. The van der Waals surface area contributed by atoms with Crippen LogP contribution in [-0.2, 0) is 4.79 Å². The van der Waals surface area contributed by atoms with Crippen molar-refractivity contribution in [1.29, 1.82) is 5.26 Å². The molecule has 2 heterocycles. The maximum absolute atomic E-state index is 12.2. The SMILES string of the molecule is CC(C)[C@](C)(C#N)NC(=O)CN1CCC(c2cn[nH]c2)CC1. The molecular formula is C16H25N5O. The highest BCUT2D eigenvalue weighted by Gasteiger charge is 2.31. The number of aromatic nitrogens is 2. The molecule has 1 atom stereocenters. The van der Waals surface area contributed by atoms with Gasteiger partial charge in [-0.15, -0.1) is 0 Å². The van der Waals surface area contributed by atoms with Crippen LogP contribution in [0.3, 0.4) is 0 Å². The fourth-order valence-corrected chi connectivity index (χ4v) is 2.74. The minimum absolute atomic E-state index is 0.0699. The number of hydrogen-bond donors (Lipinski definition) is 2. The number of rotatable bonds is 5. The van der Waals surface area contributed by atoms with Gasteiger partial charge in [0.15, 0.2) is 0 Å². The van der Waals surface area contributed by atoms with Crippen molar-refractivity contribution < 1.29 is 4.79 Å². The quantitative estimate of drug-likeness (QED) is 0.866. The molecule has 22 heavy (non-hydrogen) atoms. The maximum Gasteiger partial charge on any atom is 0.235 e. The topological polar surface area (TPSA) is 84.8 Å². The van der Waals surface area contributed by atoms with E-state index in [0.29, 0.717) is 12.5 Å². The van der Waals surface area contributed by atoms with Crippen molar-refractivity contribution in [2.24, 2.45) is 5.92 Å². The summed E-state index contributed by atoms with van der Waals surface area (Å²) in [6, 6.07) is 2.21. The molecule has 6 heteroatoms. The average Bonchev–Trinajstić information content (AvgIpc) is 3.01. The van der Waals surface area contributed by atoms with Gasteiger partial charge in [0, 0.05) is 6.20 Å². The molecule has 1 saturated heterocycles. The van der Waals surface area contributed by atoms with Crippen molar-refractivity contribution in [2.75, 3.05) is 19.6 Å². The van der Waals surface area contributed by atoms with Crippen LogP contribution in [-0.4, -0.2) is 46.2 Å². The van der Waals surface area contributed by atoms with Gasteiger partial charge in [0.1, 0.15) is 5.54 Å². The first kappa shape index (κ1) is 16.5. The number of amides is 1. The largest absolute Gasteiger partial charge is 0.337 e. The van der Waals surface area contributed by atoms with Crippen LogP contribution in [0.15, 0.2) is 12.4 Å². The average molecular weight is 303 g/mol. The molecule has 0 spiro atoms. The van der Waals surface area contributed by atoms with Gasteiger partial charge in [0.25, 0.3) is 0 Å². The number of nitriles is 1. The van der Waals surface area contributed by atoms with Crippen molar-refractivity contribution in [1.82, 2.24) is 20.4 Å². The first-order valence-electron chi connectivity index (χ1n) is 7.88. The van der Waals surface area contributed by atoms with Crippen LogP contribution in [0.25, 0.3) is 0 Å². The second-order valence-corrected chi connectivity index (χ2v) is 6.60. The molecule has 1 amide bonds. The lowest BCUT2D eigenvalue weighted by Crippen LogP contribution is -2.52. The molecule has 2 N–H and O–H groups in total. The Labute approximate surface area is 131 Å². The van der Waals surface area contributed by atoms with Crippen LogP contribution in [0, 0.1) is 17.2 Å². The Kier molecular flexibility index (Phi) is 5.19. The molecular weight excluding hydrogens is 278 g/mol. The maximum atomic E-state index is 12.2. The first-order valence-corrected chi connectivity index (χ1v) is 7.88. The summed E-state index contributed by atoms with van der Waals surface area (Å²) in [6.07, 6.45) is 5.90. The van der Waals surface area contributed by atoms with Crippen molar-refractivity contribution in [3.63, 3.8) is 0 Å². The number of nitrogens with zero attached hydrogens (tertiary/aromatic N) is 3. The molecule has 120 valence electrons. The van der Waals surface area contributed by atoms with Gasteiger partial charge in [-0.1, -0.05) is 13.8 Å². The molecule has 1 aromatic heterocycles. The van der Waals surface area contributed by atoms with Gasteiger partial charge < -0.3 is 5.32 Å². The zero-order valence-electron chi connectivity index (χ0n) is 13.6. The summed E-state index contributed by atoms with van der Waals surface area (Å²) in [5.74, 6) is 0.533. The van der Waals surface area contributed by atoms with Crippen LogP contribution in [0.4, 0.5) is 0 Å². The zero-order valence-corrected chi connectivity index (χ0v) is 13.6. The van der Waals surface area contributed by atoms with Gasteiger partial charge in [-0.3, -0.25) is 14.8 Å². The van der Waals surface area contributed by atoms with E-state index in [0.717, 1.165) is 25.9 Å². The summed E-state index contributed by atoms with van der Waals surface area (Å²) < 4.78 is 0. The van der Waals surface area contributed by atoms with E-state index in [2.05, 4.69) is 26.5 Å². The fourth-order valence-electron chi connectivity index (χ4n) is 2.74. The van der Waals surface area contributed by atoms with E-state index in [-0.39, 0.29) is 11.8 Å². The van der Waals surface area contributed by atoms with Crippen molar-refractivity contribution >= 4 is 5.91 Å². The van der Waals surface area contributed by atoms with Crippen molar-refractivity contribution in [2.45, 2.75) is 45.1 Å². The molecule has 2 rings (SSSR count). The van der Waals surface area contributed by atoms with E-state index in [1.807, 2.05) is 26.2 Å². The number of H-pyrrole nitrogens is 1. The van der Waals surface area contributed by atoms with Gasteiger partial charge in [-0.05, 0) is 50.3 Å².